The third-order valence-corrected chi connectivity index (χ3v) is 4.96. The van der Waals surface area contributed by atoms with E-state index in [4.69, 9.17) is 5.73 Å². The number of aliphatic hydroxyl groups excluding tert-OH is 1. The zero-order valence-electron chi connectivity index (χ0n) is 10.5. The molecule has 0 spiro atoms. The Morgan fingerprint density at radius 3 is 2.50 bits per heavy atom. The molecule has 0 aliphatic heterocycles. The van der Waals surface area contributed by atoms with Gasteiger partial charge in [0.05, 0.1) is 10.6 Å². The molecule has 0 radical (unpaired) electrons. The van der Waals surface area contributed by atoms with E-state index in [2.05, 4.69) is 0 Å². The molecule has 2 rings (SSSR count). The smallest absolute Gasteiger partial charge is 0.177 e. The van der Waals surface area contributed by atoms with Crippen LogP contribution in [0.3, 0.4) is 0 Å². The third kappa shape index (κ3) is 2.52. The summed E-state index contributed by atoms with van der Waals surface area (Å²) in [7, 11) is -3.29. The number of sulfone groups is 1. The van der Waals surface area contributed by atoms with E-state index >= 15 is 0 Å². The Kier molecular flexibility index (Phi) is 3.38. The lowest BCUT2D eigenvalue weighted by molar-refractivity contribution is 0.0450. The minimum absolute atomic E-state index is 0.0507. The first-order chi connectivity index (χ1) is 8.36. The summed E-state index contributed by atoms with van der Waals surface area (Å²) < 4.78 is 23.2. The number of hydrogen-bond donors (Lipinski definition) is 2. The fourth-order valence-electron chi connectivity index (χ4n) is 2.51. The third-order valence-electron chi connectivity index (χ3n) is 3.81. The number of nitrogens with two attached hydrogens (primary N) is 1. The van der Waals surface area contributed by atoms with Gasteiger partial charge in [0.25, 0.3) is 0 Å². The molecule has 100 valence electrons. The molecule has 0 unspecified atom stereocenters. The van der Waals surface area contributed by atoms with Crippen molar-refractivity contribution in [3.8, 4) is 0 Å². The Balaban J connectivity index is 2.30. The lowest BCUT2D eigenvalue weighted by Gasteiger charge is -2.40. The molecule has 3 N–H and O–H groups in total. The Hall–Kier alpha value is -1.07. The molecule has 0 saturated heterocycles. The summed E-state index contributed by atoms with van der Waals surface area (Å²) in [4.78, 5) is 0.187. The maximum Gasteiger partial charge on any atom is 0.177 e. The van der Waals surface area contributed by atoms with Crippen LogP contribution < -0.4 is 5.73 Å². The lowest BCUT2D eigenvalue weighted by atomic mass is 9.66. The predicted molar refractivity (Wildman–Crippen MR) is 71.0 cm³/mol. The van der Waals surface area contributed by atoms with E-state index in [1.54, 1.807) is 12.1 Å². The SMILES string of the molecule is CS(=O)(=O)c1cc(CC2(CO)CCC2)ccc1N. The summed E-state index contributed by atoms with van der Waals surface area (Å²) in [5.41, 5.74) is 6.85. The van der Waals surface area contributed by atoms with Gasteiger partial charge >= 0.3 is 0 Å². The van der Waals surface area contributed by atoms with E-state index in [1.807, 2.05) is 6.07 Å². The minimum atomic E-state index is -3.29. The molecule has 0 heterocycles. The number of benzene rings is 1. The first-order valence-electron chi connectivity index (χ1n) is 6.06. The maximum absolute atomic E-state index is 11.6. The molecule has 1 aromatic carbocycles. The van der Waals surface area contributed by atoms with E-state index < -0.39 is 9.84 Å². The van der Waals surface area contributed by atoms with Crippen LogP contribution in [0.1, 0.15) is 24.8 Å². The van der Waals surface area contributed by atoms with Gasteiger partial charge in [-0.3, -0.25) is 0 Å². The molecule has 1 aliphatic carbocycles. The second-order valence-corrected chi connectivity index (χ2v) is 7.32. The van der Waals surface area contributed by atoms with Crippen molar-refractivity contribution in [2.75, 3.05) is 18.6 Å². The van der Waals surface area contributed by atoms with Crippen molar-refractivity contribution in [3.63, 3.8) is 0 Å². The van der Waals surface area contributed by atoms with Crippen LogP contribution in [0.15, 0.2) is 23.1 Å². The van der Waals surface area contributed by atoms with Crippen molar-refractivity contribution in [2.24, 2.45) is 5.41 Å². The standard InChI is InChI=1S/C13H19NO3S/c1-18(16,17)12-7-10(3-4-11(12)14)8-13(9-15)5-2-6-13/h3-4,7,15H,2,5-6,8-9,14H2,1H3. The van der Waals surface area contributed by atoms with Crippen molar-refractivity contribution >= 4 is 15.5 Å². The molecule has 0 atom stereocenters. The minimum Gasteiger partial charge on any atom is -0.398 e. The molecule has 0 amide bonds. The highest BCUT2D eigenvalue weighted by molar-refractivity contribution is 7.90. The molecule has 0 bridgehead atoms. The molecule has 0 aromatic heterocycles. The van der Waals surface area contributed by atoms with Crippen molar-refractivity contribution in [1.29, 1.82) is 0 Å². The molecule has 18 heavy (non-hydrogen) atoms. The maximum atomic E-state index is 11.6. The number of anilines is 1. The van der Waals surface area contributed by atoms with Crippen LogP contribution in [0.25, 0.3) is 0 Å². The Bertz CT molecular complexity index is 542. The summed E-state index contributed by atoms with van der Waals surface area (Å²) in [6.07, 6.45) is 5.01. The molecule has 4 nitrogen and oxygen atoms in total. The largest absolute Gasteiger partial charge is 0.398 e. The predicted octanol–water partition coefficient (Wildman–Crippen LogP) is 1.38. The van der Waals surface area contributed by atoms with Crippen LogP contribution in [0.5, 0.6) is 0 Å². The zero-order chi connectivity index (χ0) is 13.4. The Labute approximate surface area is 108 Å². The fraction of sp³-hybridized carbons (Fsp3) is 0.538. The van der Waals surface area contributed by atoms with Crippen molar-refractivity contribution in [2.45, 2.75) is 30.6 Å². The van der Waals surface area contributed by atoms with Crippen LogP contribution in [0.4, 0.5) is 5.69 Å². The zero-order valence-corrected chi connectivity index (χ0v) is 11.3. The highest BCUT2D eigenvalue weighted by Crippen LogP contribution is 2.43. The van der Waals surface area contributed by atoms with E-state index in [9.17, 15) is 13.5 Å². The van der Waals surface area contributed by atoms with E-state index in [0.29, 0.717) is 6.42 Å². The molecular weight excluding hydrogens is 250 g/mol. The molecular formula is C13H19NO3S. The monoisotopic (exact) mass is 269 g/mol. The molecule has 1 fully saturated rings. The summed E-state index contributed by atoms with van der Waals surface area (Å²) in [6, 6.07) is 5.12. The molecule has 1 aliphatic rings. The van der Waals surface area contributed by atoms with Crippen molar-refractivity contribution in [3.05, 3.63) is 23.8 Å². The average Bonchev–Trinajstić information content (AvgIpc) is 2.24. The quantitative estimate of drug-likeness (QED) is 0.809. The van der Waals surface area contributed by atoms with Gasteiger partial charge in [0.1, 0.15) is 0 Å². The highest BCUT2D eigenvalue weighted by Gasteiger charge is 2.36. The number of hydrogen-bond acceptors (Lipinski definition) is 4. The second kappa shape index (κ2) is 4.55. The first kappa shape index (κ1) is 13.4. The fourth-order valence-corrected chi connectivity index (χ4v) is 3.37. The van der Waals surface area contributed by atoms with Gasteiger partial charge in [0, 0.05) is 12.9 Å². The van der Waals surface area contributed by atoms with E-state index in [0.717, 1.165) is 31.1 Å². The average molecular weight is 269 g/mol. The van der Waals surface area contributed by atoms with Gasteiger partial charge in [-0.25, -0.2) is 8.42 Å². The normalized spacial score (nSPS) is 18.3. The topological polar surface area (TPSA) is 80.4 Å². The molecule has 5 heteroatoms. The van der Waals surface area contributed by atoms with Crippen LogP contribution in [0, 0.1) is 5.41 Å². The van der Waals surface area contributed by atoms with E-state index in [1.165, 1.54) is 0 Å². The summed E-state index contributed by atoms with van der Waals surface area (Å²) in [6.45, 7) is 0.158. The van der Waals surface area contributed by atoms with Gasteiger partial charge in [0.15, 0.2) is 9.84 Å². The van der Waals surface area contributed by atoms with Crippen molar-refractivity contribution in [1.82, 2.24) is 0 Å². The van der Waals surface area contributed by atoms with Gasteiger partial charge in [-0.1, -0.05) is 12.5 Å². The van der Waals surface area contributed by atoms with E-state index in [-0.39, 0.29) is 22.6 Å². The summed E-state index contributed by atoms with van der Waals surface area (Å²) in [5.74, 6) is 0. The van der Waals surface area contributed by atoms with Gasteiger partial charge < -0.3 is 10.8 Å². The number of aliphatic hydroxyl groups is 1. The van der Waals surface area contributed by atoms with Gasteiger partial charge in [-0.15, -0.1) is 0 Å². The number of nitrogen functional groups attached to an aromatic ring is 1. The second-order valence-electron chi connectivity index (χ2n) is 5.33. The van der Waals surface area contributed by atoms with Crippen LogP contribution in [-0.4, -0.2) is 26.4 Å². The van der Waals surface area contributed by atoms with Gasteiger partial charge in [-0.05, 0) is 42.4 Å². The number of rotatable bonds is 4. The van der Waals surface area contributed by atoms with Gasteiger partial charge in [-0.2, -0.15) is 0 Å². The van der Waals surface area contributed by atoms with Crippen LogP contribution >= 0.6 is 0 Å². The molecule has 1 saturated carbocycles. The van der Waals surface area contributed by atoms with Gasteiger partial charge in [0.2, 0.25) is 0 Å². The van der Waals surface area contributed by atoms with Crippen molar-refractivity contribution < 1.29 is 13.5 Å². The highest BCUT2D eigenvalue weighted by atomic mass is 32.2. The van der Waals surface area contributed by atoms with Crippen LogP contribution in [-0.2, 0) is 16.3 Å². The Morgan fingerprint density at radius 2 is 2.06 bits per heavy atom. The molecule has 1 aromatic rings. The summed E-state index contributed by atoms with van der Waals surface area (Å²) >= 11 is 0. The lowest BCUT2D eigenvalue weighted by Crippen LogP contribution is -2.35. The van der Waals surface area contributed by atoms with Crippen LogP contribution in [0.2, 0.25) is 0 Å². The Morgan fingerprint density at radius 1 is 1.39 bits per heavy atom. The first-order valence-corrected chi connectivity index (χ1v) is 7.95. The summed E-state index contributed by atoms with van der Waals surface area (Å²) in [5, 5.41) is 9.44.